The Balaban J connectivity index is 2.23. The van der Waals surface area contributed by atoms with Gasteiger partial charge in [0.05, 0.1) is 0 Å². The lowest BCUT2D eigenvalue weighted by molar-refractivity contribution is 0.102. The monoisotopic (exact) mass is 306 g/mol. The number of carbonyl (C=O) groups excluding carboxylic acids is 1. The molecule has 0 fully saturated rings. The first-order valence-electron chi connectivity index (χ1n) is 6.68. The fraction of sp³-hybridized carbons (Fsp3) is 0.438. The number of allylic oxidation sites excluding steroid dienone is 2. The molecule has 0 spiro atoms. The summed E-state index contributed by atoms with van der Waals surface area (Å²) in [5.41, 5.74) is 2.92. The predicted molar refractivity (Wildman–Crippen MR) is 79.0 cm³/mol. The molecule has 0 heterocycles. The van der Waals surface area contributed by atoms with E-state index in [1.54, 1.807) is 0 Å². The van der Waals surface area contributed by atoms with E-state index in [1.807, 2.05) is 25.1 Å². The highest BCUT2D eigenvalue weighted by molar-refractivity contribution is 9.10. The number of hydrogen-bond donors (Lipinski definition) is 0. The molecule has 0 aliphatic heterocycles. The molecule has 1 aromatic carbocycles. The molecule has 0 radical (unpaired) electrons. The van der Waals surface area contributed by atoms with Crippen LogP contribution in [0.3, 0.4) is 0 Å². The first-order valence-corrected chi connectivity index (χ1v) is 7.47. The molecule has 0 saturated heterocycles. The molecule has 0 aromatic heterocycles. The smallest absolute Gasteiger partial charge is 0.188 e. The van der Waals surface area contributed by atoms with Gasteiger partial charge >= 0.3 is 0 Å². The second-order valence-corrected chi connectivity index (χ2v) is 5.89. The second-order valence-electron chi connectivity index (χ2n) is 4.97. The maximum atomic E-state index is 12.5. The largest absolute Gasteiger partial charge is 0.289 e. The zero-order valence-corrected chi connectivity index (χ0v) is 12.4. The number of carbonyl (C=O) groups is 1. The van der Waals surface area contributed by atoms with Crippen molar-refractivity contribution < 1.29 is 4.79 Å². The van der Waals surface area contributed by atoms with Crippen LogP contribution in [0.2, 0.25) is 0 Å². The molecule has 1 aliphatic rings. The molecule has 1 nitrogen and oxygen atoms in total. The average molecular weight is 307 g/mol. The lowest BCUT2D eigenvalue weighted by Crippen LogP contribution is -2.07. The van der Waals surface area contributed by atoms with Crippen molar-refractivity contribution in [3.05, 3.63) is 45.4 Å². The van der Waals surface area contributed by atoms with Gasteiger partial charge in [0.2, 0.25) is 0 Å². The highest BCUT2D eigenvalue weighted by Gasteiger charge is 2.15. The van der Waals surface area contributed by atoms with E-state index in [1.165, 1.54) is 19.3 Å². The fourth-order valence-electron chi connectivity index (χ4n) is 2.45. The third kappa shape index (κ3) is 3.32. The van der Waals surface area contributed by atoms with Crippen LogP contribution in [0.15, 0.2) is 34.3 Å². The van der Waals surface area contributed by atoms with Gasteiger partial charge in [-0.25, -0.2) is 0 Å². The molecular formula is C16H19BrO. The minimum Gasteiger partial charge on any atom is -0.289 e. The Kier molecular flexibility index (Phi) is 4.76. The minimum atomic E-state index is 0.224. The predicted octanol–water partition coefficient (Wildman–Crippen LogP) is 5.22. The summed E-state index contributed by atoms with van der Waals surface area (Å²) >= 11 is 3.44. The number of benzene rings is 1. The Bertz CT molecular complexity index is 474. The Morgan fingerprint density at radius 3 is 2.72 bits per heavy atom. The van der Waals surface area contributed by atoms with E-state index in [2.05, 4.69) is 22.0 Å². The van der Waals surface area contributed by atoms with Crippen molar-refractivity contribution in [2.75, 3.05) is 0 Å². The summed E-state index contributed by atoms with van der Waals surface area (Å²) in [6.07, 6.45) is 9.07. The van der Waals surface area contributed by atoms with Crippen molar-refractivity contribution in [1.82, 2.24) is 0 Å². The van der Waals surface area contributed by atoms with Gasteiger partial charge in [-0.3, -0.25) is 4.79 Å². The van der Waals surface area contributed by atoms with Crippen molar-refractivity contribution in [3.8, 4) is 0 Å². The summed E-state index contributed by atoms with van der Waals surface area (Å²) in [4.78, 5) is 12.5. The van der Waals surface area contributed by atoms with Gasteiger partial charge in [0.1, 0.15) is 0 Å². The number of hydrogen-bond acceptors (Lipinski definition) is 1. The summed E-state index contributed by atoms with van der Waals surface area (Å²) in [6, 6.07) is 5.89. The van der Waals surface area contributed by atoms with Crippen molar-refractivity contribution in [2.24, 2.45) is 0 Å². The maximum absolute atomic E-state index is 12.5. The van der Waals surface area contributed by atoms with Crippen LogP contribution >= 0.6 is 15.9 Å². The normalized spacial score (nSPS) is 19.6. The van der Waals surface area contributed by atoms with Crippen LogP contribution in [0, 0.1) is 6.92 Å². The van der Waals surface area contributed by atoms with E-state index >= 15 is 0 Å². The van der Waals surface area contributed by atoms with Crippen LogP contribution < -0.4 is 0 Å². The van der Waals surface area contributed by atoms with Gasteiger partial charge in [-0.15, -0.1) is 0 Å². The number of rotatable bonds is 2. The van der Waals surface area contributed by atoms with E-state index in [-0.39, 0.29) is 5.78 Å². The molecule has 1 aromatic rings. The lowest BCUT2D eigenvalue weighted by Gasteiger charge is -2.12. The van der Waals surface area contributed by atoms with Crippen molar-refractivity contribution in [1.29, 1.82) is 0 Å². The molecule has 2 rings (SSSR count). The SMILES string of the molecule is Cc1cc(Br)ccc1C(=O)/C1=C/CCCCCC1. The number of halogens is 1. The quantitative estimate of drug-likeness (QED) is 0.685. The van der Waals surface area contributed by atoms with Crippen LogP contribution in [0.5, 0.6) is 0 Å². The summed E-state index contributed by atoms with van der Waals surface area (Å²) in [7, 11) is 0. The Labute approximate surface area is 117 Å². The van der Waals surface area contributed by atoms with Crippen molar-refractivity contribution >= 4 is 21.7 Å². The third-order valence-electron chi connectivity index (χ3n) is 3.52. The molecule has 0 unspecified atom stereocenters. The standard InChI is InChI=1S/C16H19BrO/c1-12-11-14(17)9-10-15(12)16(18)13-7-5-3-2-4-6-8-13/h7,9-11H,2-6,8H2,1H3/b13-7+. The van der Waals surface area contributed by atoms with Crippen LogP contribution in [0.4, 0.5) is 0 Å². The van der Waals surface area contributed by atoms with Crippen LogP contribution in [-0.4, -0.2) is 5.78 Å². The van der Waals surface area contributed by atoms with E-state index < -0.39 is 0 Å². The maximum Gasteiger partial charge on any atom is 0.188 e. The van der Waals surface area contributed by atoms with Gasteiger partial charge in [-0.1, -0.05) is 34.8 Å². The van der Waals surface area contributed by atoms with Gasteiger partial charge in [0.15, 0.2) is 5.78 Å². The molecule has 96 valence electrons. The fourth-order valence-corrected chi connectivity index (χ4v) is 2.93. The minimum absolute atomic E-state index is 0.224. The Morgan fingerprint density at radius 2 is 1.94 bits per heavy atom. The van der Waals surface area contributed by atoms with Gasteiger partial charge in [-0.2, -0.15) is 0 Å². The van der Waals surface area contributed by atoms with Gasteiger partial charge in [0.25, 0.3) is 0 Å². The zero-order valence-electron chi connectivity index (χ0n) is 10.8. The molecule has 0 atom stereocenters. The molecule has 0 saturated carbocycles. The van der Waals surface area contributed by atoms with E-state index in [0.29, 0.717) is 0 Å². The first kappa shape index (κ1) is 13.5. The van der Waals surface area contributed by atoms with E-state index in [0.717, 1.165) is 40.4 Å². The molecule has 0 N–H and O–H groups in total. The molecule has 0 amide bonds. The number of ketones is 1. The van der Waals surface area contributed by atoms with E-state index in [9.17, 15) is 4.79 Å². The third-order valence-corrected chi connectivity index (χ3v) is 4.01. The van der Waals surface area contributed by atoms with Gasteiger partial charge in [0, 0.05) is 10.0 Å². The number of aryl methyl sites for hydroxylation is 1. The highest BCUT2D eigenvalue weighted by atomic mass is 79.9. The average Bonchev–Trinajstić information content (AvgIpc) is 2.27. The molecule has 2 heteroatoms. The Hall–Kier alpha value is -0.890. The zero-order chi connectivity index (χ0) is 13.0. The molecular weight excluding hydrogens is 288 g/mol. The van der Waals surface area contributed by atoms with Crippen molar-refractivity contribution in [3.63, 3.8) is 0 Å². The summed E-state index contributed by atoms with van der Waals surface area (Å²) in [6.45, 7) is 2.00. The van der Waals surface area contributed by atoms with E-state index in [4.69, 9.17) is 0 Å². The van der Waals surface area contributed by atoms with Gasteiger partial charge < -0.3 is 0 Å². The molecule has 0 bridgehead atoms. The Morgan fingerprint density at radius 1 is 1.17 bits per heavy atom. The summed E-state index contributed by atoms with van der Waals surface area (Å²) in [5, 5.41) is 0. The first-order chi connectivity index (χ1) is 8.68. The van der Waals surface area contributed by atoms with Crippen LogP contribution in [0.25, 0.3) is 0 Å². The van der Waals surface area contributed by atoms with Crippen LogP contribution in [-0.2, 0) is 0 Å². The molecule has 18 heavy (non-hydrogen) atoms. The lowest BCUT2D eigenvalue weighted by atomic mass is 9.92. The van der Waals surface area contributed by atoms with Crippen molar-refractivity contribution in [2.45, 2.75) is 45.4 Å². The summed E-state index contributed by atoms with van der Waals surface area (Å²) < 4.78 is 1.03. The highest BCUT2D eigenvalue weighted by Crippen LogP contribution is 2.23. The number of Topliss-reactive ketones (excluding diaryl/α,β-unsaturated/α-hetero) is 1. The second kappa shape index (κ2) is 6.33. The van der Waals surface area contributed by atoms with Crippen LogP contribution in [0.1, 0.15) is 54.4 Å². The summed E-state index contributed by atoms with van der Waals surface area (Å²) in [5.74, 6) is 0.224. The molecule has 1 aliphatic carbocycles. The van der Waals surface area contributed by atoms with Gasteiger partial charge in [-0.05, 0) is 61.9 Å². The topological polar surface area (TPSA) is 17.1 Å².